The van der Waals surface area contributed by atoms with E-state index in [-0.39, 0.29) is 12.5 Å². The molecule has 5 nitrogen and oxygen atoms in total. The van der Waals surface area contributed by atoms with E-state index in [4.69, 9.17) is 9.47 Å². The van der Waals surface area contributed by atoms with Crippen LogP contribution in [0.25, 0.3) is 0 Å². The molecule has 25 heavy (non-hydrogen) atoms. The maximum Gasteiger partial charge on any atom is 0.249 e. The summed E-state index contributed by atoms with van der Waals surface area (Å²) in [5.74, 6) is 0.841. The van der Waals surface area contributed by atoms with Gasteiger partial charge in [0.2, 0.25) is 5.91 Å². The zero-order valence-corrected chi connectivity index (χ0v) is 14.8. The molecular formula is C20H24N2O3. The van der Waals surface area contributed by atoms with Gasteiger partial charge in [0.1, 0.15) is 19.0 Å². The van der Waals surface area contributed by atoms with Crippen LogP contribution in [-0.2, 0) is 22.7 Å². The summed E-state index contributed by atoms with van der Waals surface area (Å²) >= 11 is 0. The minimum absolute atomic E-state index is 0.0114. The van der Waals surface area contributed by atoms with Gasteiger partial charge in [0.25, 0.3) is 0 Å². The second-order valence-electron chi connectivity index (χ2n) is 6.33. The zero-order valence-electron chi connectivity index (χ0n) is 14.8. The molecule has 1 heterocycles. The van der Waals surface area contributed by atoms with E-state index in [1.807, 2.05) is 61.5 Å². The number of rotatable bonds is 5. The number of fused-ring (bicyclic) bond motifs is 1. The fraction of sp³-hybridized carbons (Fsp3) is 0.350. The van der Waals surface area contributed by atoms with Crippen LogP contribution in [0.4, 0.5) is 5.69 Å². The van der Waals surface area contributed by atoms with Crippen LogP contribution in [0.5, 0.6) is 5.75 Å². The lowest BCUT2D eigenvalue weighted by molar-refractivity contribution is -0.137. The van der Waals surface area contributed by atoms with Crippen molar-refractivity contribution >= 4 is 11.6 Å². The lowest BCUT2D eigenvalue weighted by Crippen LogP contribution is -2.35. The van der Waals surface area contributed by atoms with Crippen LogP contribution in [0.1, 0.15) is 11.1 Å². The molecule has 0 saturated heterocycles. The predicted molar refractivity (Wildman–Crippen MR) is 97.8 cm³/mol. The Morgan fingerprint density at radius 2 is 2.00 bits per heavy atom. The molecule has 2 aromatic carbocycles. The first-order chi connectivity index (χ1) is 12.1. The lowest BCUT2D eigenvalue weighted by atomic mass is 10.1. The number of amides is 1. The van der Waals surface area contributed by atoms with Crippen molar-refractivity contribution in [2.75, 3.05) is 38.8 Å². The van der Waals surface area contributed by atoms with E-state index in [0.29, 0.717) is 26.3 Å². The van der Waals surface area contributed by atoms with E-state index in [1.54, 1.807) is 4.90 Å². The quantitative estimate of drug-likeness (QED) is 0.839. The van der Waals surface area contributed by atoms with Gasteiger partial charge in [-0.3, -0.25) is 4.79 Å². The van der Waals surface area contributed by atoms with Crippen molar-refractivity contribution in [3.8, 4) is 5.75 Å². The Hall–Kier alpha value is -2.53. The Kier molecular flexibility index (Phi) is 5.56. The number of carbonyl (C=O) groups is 1. The first-order valence-corrected chi connectivity index (χ1v) is 8.46. The third kappa shape index (κ3) is 4.51. The standard InChI is InChI=1S/C20H24N2O3/c1-21(2)18-8-9-19-17(12-18)13-22(10-11-25-19)20(23)15-24-14-16-6-4-3-5-7-16/h3-9,12H,10-11,13-15H2,1-2H3. The Labute approximate surface area is 148 Å². The fourth-order valence-corrected chi connectivity index (χ4v) is 2.79. The molecule has 0 radical (unpaired) electrons. The first kappa shape index (κ1) is 17.3. The average Bonchev–Trinajstić information content (AvgIpc) is 2.84. The van der Waals surface area contributed by atoms with Gasteiger partial charge >= 0.3 is 0 Å². The Morgan fingerprint density at radius 1 is 1.20 bits per heavy atom. The molecule has 3 rings (SSSR count). The highest BCUT2D eigenvalue weighted by molar-refractivity contribution is 5.77. The fourth-order valence-electron chi connectivity index (χ4n) is 2.79. The molecular weight excluding hydrogens is 316 g/mol. The van der Waals surface area contributed by atoms with Gasteiger partial charge in [-0.15, -0.1) is 0 Å². The van der Waals surface area contributed by atoms with Crippen molar-refractivity contribution in [1.82, 2.24) is 4.90 Å². The highest BCUT2D eigenvalue weighted by atomic mass is 16.5. The number of anilines is 1. The summed E-state index contributed by atoms with van der Waals surface area (Å²) in [6.07, 6.45) is 0. The van der Waals surface area contributed by atoms with Crippen LogP contribution in [0, 0.1) is 0 Å². The number of hydrogen-bond acceptors (Lipinski definition) is 4. The van der Waals surface area contributed by atoms with E-state index in [2.05, 4.69) is 6.07 Å². The molecule has 0 spiro atoms. The summed E-state index contributed by atoms with van der Waals surface area (Å²) in [4.78, 5) is 16.3. The summed E-state index contributed by atoms with van der Waals surface area (Å²) in [5.41, 5.74) is 3.19. The van der Waals surface area contributed by atoms with Crippen LogP contribution in [0.15, 0.2) is 48.5 Å². The molecule has 0 bridgehead atoms. The van der Waals surface area contributed by atoms with Crippen molar-refractivity contribution in [1.29, 1.82) is 0 Å². The van der Waals surface area contributed by atoms with Crippen LogP contribution in [0.2, 0.25) is 0 Å². The van der Waals surface area contributed by atoms with E-state index < -0.39 is 0 Å². The van der Waals surface area contributed by atoms with Gasteiger partial charge in [-0.05, 0) is 23.8 Å². The third-order valence-electron chi connectivity index (χ3n) is 4.23. The van der Waals surface area contributed by atoms with Gasteiger partial charge in [0.15, 0.2) is 0 Å². The average molecular weight is 340 g/mol. The smallest absolute Gasteiger partial charge is 0.249 e. The van der Waals surface area contributed by atoms with E-state index in [0.717, 1.165) is 22.6 Å². The molecule has 1 amide bonds. The monoisotopic (exact) mass is 340 g/mol. The number of carbonyl (C=O) groups excluding carboxylic acids is 1. The number of hydrogen-bond donors (Lipinski definition) is 0. The van der Waals surface area contributed by atoms with Gasteiger partial charge in [0, 0.05) is 31.9 Å². The molecule has 0 aromatic heterocycles. The molecule has 0 N–H and O–H groups in total. The van der Waals surface area contributed by atoms with Gasteiger partial charge < -0.3 is 19.3 Å². The van der Waals surface area contributed by atoms with Crippen LogP contribution in [-0.4, -0.2) is 44.7 Å². The Morgan fingerprint density at radius 3 is 2.76 bits per heavy atom. The highest BCUT2D eigenvalue weighted by Crippen LogP contribution is 2.27. The minimum Gasteiger partial charge on any atom is -0.491 e. The van der Waals surface area contributed by atoms with Gasteiger partial charge in [-0.2, -0.15) is 0 Å². The van der Waals surface area contributed by atoms with Crippen molar-refractivity contribution in [3.63, 3.8) is 0 Å². The SMILES string of the molecule is CN(C)c1ccc2c(c1)CN(C(=O)COCc1ccccc1)CCO2. The molecule has 1 aliphatic heterocycles. The van der Waals surface area contributed by atoms with Crippen LogP contribution < -0.4 is 9.64 Å². The minimum atomic E-state index is -0.0114. The lowest BCUT2D eigenvalue weighted by Gasteiger charge is -2.20. The van der Waals surface area contributed by atoms with Gasteiger partial charge in [-0.1, -0.05) is 30.3 Å². The number of benzene rings is 2. The number of nitrogens with zero attached hydrogens (tertiary/aromatic N) is 2. The number of ether oxygens (including phenoxy) is 2. The molecule has 0 unspecified atom stereocenters. The van der Waals surface area contributed by atoms with E-state index in [9.17, 15) is 4.79 Å². The molecule has 132 valence electrons. The summed E-state index contributed by atoms with van der Waals surface area (Å²) in [7, 11) is 4.00. The first-order valence-electron chi connectivity index (χ1n) is 8.46. The highest BCUT2D eigenvalue weighted by Gasteiger charge is 2.20. The molecule has 0 aliphatic carbocycles. The van der Waals surface area contributed by atoms with Gasteiger partial charge in [-0.25, -0.2) is 0 Å². The molecule has 1 aliphatic rings. The molecule has 0 saturated carbocycles. The maximum absolute atomic E-state index is 12.5. The van der Waals surface area contributed by atoms with Crippen molar-refractivity contribution in [2.45, 2.75) is 13.2 Å². The Balaban J connectivity index is 1.60. The normalized spacial score (nSPS) is 13.6. The summed E-state index contributed by atoms with van der Waals surface area (Å²) in [6.45, 7) is 2.14. The van der Waals surface area contributed by atoms with E-state index >= 15 is 0 Å². The molecule has 0 atom stereocenters. The molecule has 5 heteroatoms. The molecule has 2 aromatic rings. The topological polar surface area (TPSA) is 42.0 Å². The summed E-state index contributed by atoms with van der Waals surface area (Å²) in [6, 6.07) is 15.9. The van der Waals surface area contributed by atoms with E-state index in [1.165, 1.54) is 0 Å². The summed E-state index contributed by atoms with van der Waals surface area (Å²) < 4.78 is 11.4. The molecule has 0 fully saturated rings. The largest absolute Gasteiger partial charge is 0.491 e. The summed E-state index contributed by atoms with van der Waals surface area (Å²) in [5, 5.41) is 0. The van der Waals surface area contributed by atoms with Crippen LogP contribution >= 0.6 is 0 Å². The van der Waals surface area contributed by atoms with Crippen molar-refractivity contribution in [3.05, 3.63) is 59.7 Å². The Bertz CT molecular complexity index is 716. The maximum atomic E-state index is 12.5. The second-order valence-corrected chi connectivity index (χ2v) is 6.33. The van der Waals surface area contributed by atoms with Crippen molar-refractivity contribution in [2.24, 2.45) is 0 Å². The zero-order chi connectivity index (χ0) is 17.6. The second kappa shape index (κ2) is 8.03. The van der Waals surface area contributed by atoms with Gasteiger partial charge in [0.05, 0.1) is 13.2 Å². The van der Waals surface area contributed by atoms with Crippen molar-refractivity contribution < 1.29 is 14.3 Å². The van der Waals surface area contributed by atoms with Crippen LogP contribution in [0.3, 0.4) is 0 Å². The predicted octanol–water partition coefficient (Wildman–Crippen LogP) is 2.69. The third-order valence-corrected chi connectivity index (χ3v) is 4.23.